The van der Waals surface area contributed by atoms with Gasteiger partial charge >= 0.3 is 0 Å². The van der Waals surface area contributed by atoms with Gasteiger partial charge in [-0.1, -0.05) is 20.3 Å². The van der Waals surface area contributed by atoms with Crippen LogP contribution in [0.2, 0.25) is 0 Å². The first kappa shape index (κ1) is 12.5. The van der Waals surface area contributed by atoms with Gasteiger partial charge in [-0.2, -0.15) is 0 Å². The van der Waals surface area contributed by atoms with E-state index < -0.39 is 5.54 Å². The molecule has 0 aromatic heterocycles. The highest BCUT2D eigenvalue weighted by molar-refractivity contribution is 5.85. The van der Waals surface area contributed by atoms with E-state index in [1.54, 1.807) is 6.92 Å². The quantitative estimate of drug-likeness (QED) is 0.730. The fourth-order valence-corrected chi connectivity index (χ4v) is 1.96. The van der Waals surface area contributed by atoms with Crippen molar-refractivity contribution in [3.8, 4) is 0 Å². The number of rotatable bonds is 5. The van der Waals surface area contributed by atoms with E-state index in [0.29, 0.717) is 11.8 Å². The van der Waals surface area contributed by atoms with Gasteiger partial charge in [0.1, 0.15) is 0 Å². The zero-order valence-corrected chi connectivity index (χ0v) is 10.2. The molecule has 15 heavy (non-hydrogen) atoms. The first-order valence-electron chi connectivity index (χ1n) is 6.03. The van der Waals surface area contributed by atoms with Crippen LogP contribution in [0.25, 0.3) is 0 Å². The summed E-state index contributed by atoms with van der Waals surface area (Å²) < 4.78 is 0. The van der Waals surface area contributed by atoms with Crippen LogP contribution < -0.4 is 11.1 Å². The lowest BCUT2D eigenvalue weighted by molar-refractivity contribution is -0.126. The van der Waals surface area contributed by atoms with E-state index in [4.69, 9.17) is 5.73 Å². The molecule has 88 valence electrons. The smallest absolute Gasteiger partial charge is 0.239 e. The summed E-state index contributed by atoms with van der Waals surface area (Å²) in [6, 6.07) is 0. The van der Waals surface area contributed by atoms with E-state index in [1.807, 2.05) is 6.92 Å². The van der Waals surface area contributed by atoms with Crippen molar-refractivity contribution in [1.82, 2.24) is 5.32 Å². The van der Waals surface area contributed by atoms with Crippen LogP contribution in [-0.4, -0.2) is 18.0 Å². The summed E-state index contributed by atoms with van der Waals surface area (Å²) in [5, 5.41) is 3.00. The molecule has 0 aromatic rings. The molecule has 1 unspecified atom stereocenters. The molecule has 1 aliphatic carbocycles. The van der Waals surface area contributed by atoms with E-state index in [1.165, 1.54) is 19.3 Å². The Morgan fingerprint density at radius 3 is 2.40 bits per heavy atom. The van der Waals surface area contributed by atoms with Crippen LogP contribution >= 0.6 is 0 Å². The van der Waals surface area contributed by atoms with Gasteiger partial charge in [0.2, 0.25) is 5.91 Å². The normalized spacial score (nSPS) is 22.7. The van der Waals surface area contributed by atoms with E-state index in [9.17, 15) is 4.79 Å². The third-order valence-electron chi connectivity index (χ3n) is 4.04. The highest BCUT2D eigenvalue weighted by Gasteiger charge is 2.36. The molecular weight excluding hydrogens is 188 g/mol. The number of carbonyl (C=O) groups excluding carboxylic acids is 1. The Balaban J connectivity index is 2.40. The number of carbonyl (C=O) groups is 1. The second kappa shape index (κ2) is 4.52. The van der Waals surface area contributed by atoms with Gasteiger partial charge in [-0.05, 0) is 38.0 Å². The monoisotopic (exact) mass is 212 g/mol. The van der Waals surface area contributed by atoms with Crippen molar-refractivity contribution < 1.29 is 4.79 Å². The molecule has 1 rings (SSSR count). The minimum atomic E-state index is -0.710. The Morgan fingerprint density at radius 1 is 1.47 bits per heavy atom. The van der Waals surface area contributed by atoms with E-state index in [0.717, 1.165) is 13.0 Å². The van der Waals surface area contributed by atoms with Gasteiger partial charge in [0, 0.05) is 6.54 Å². The number of amides is 1. The van der Waals surface area contributed by atoms with Gasteiger partial charge < -0.3 is 11.1 Å². The van der Waals surface area contributed by atoms with E-state index >= 15 is 0 Å². The van der Waals surface area contributed by atoms with Gasteiger partial charge in [0.25, 0.3) is 0 Å². The third kappa shape index (κ3) is 2.71. The molecule has 0 aliphatic heterocycles. The third-order valence-corrected chi connectivity index (χ3v) is 4.04. The zero-order valence-electron chi connectivity index (χ0n) is 10.2. The van der Waals surface area contributed by atoms with E-state index in [-0.39, 0.29) is 5.91 Å². The van der Waals surface area contributed by atoms with Crippen molar-refractivity contribution in [2.45, 2.75) is 58.4 Å². The Kier molecular flexibility index (Phi) is 3.77. The highest BCUT2D eigenvalue weighted by atomic mass is 16.2. The van der Waals surface area contributed by atoms with Crippen LogP contribution in [0.1, 0.15) is 52.9 Å². The summed E-state index contributed by atoms with van der Waals surface area (Å²) in [5.74, 6) is -0.00951. The molecule has 0 radical (unpaired) electrons. The maximum Gasteiger partial charge on any atom is 0.239 e. The molecule has 1 atom stereocenters. The molecule has 3 heteroatoms. The van der Waals surface area contributed by atoms with Crippen LogP contribution in [0.15, 0.2) is 0 Å². The molecule has 0 bridgehead atoms. The van der Waals surface area contributed by atoms with E-state index in [2.05, 4.69) is 12.2 Å². The van der Waals surface area contributed by atoms with Gasteiger partial charge in [-0.3, -0.25) is 4.79 Å². The SMILES string of the molecule is CCC1(CNC(=O)C(C)(N)CC)CCC1. The summed E-state index contributed by atoms with van der Waals surface area (Å²) in [4.78, 5) is 11.8. The molecule has 3 nitrogen and oxygen atoms in total. The van der Waals surface area contributed by atoms with Crippen LogP contribution in [0.3, 0.4) is 0 Å². The Hall–Kier alpha value is -0.570. The summed E-state index contributed by atoms with van der Waals surface area (Å²) >= 11 is 0. The predicted molar refractivity (Wildman–Crippen MR) is 62.5 cm³/mol. The molecule has 1 amide bonds. The number of nitrogens with one attached hydrogen (secondary N) is 1. The summed E-state index contributed by atoms with van der Waals surface area (Å²) in [6.45, 7) is 6.74. The summed E-state index contributed by atoms with van der Waals surface area (Å²) in [6.07, 6.45) is 5.63. The summed E-state index contributed by atoms with van der Waals surface area (Å²) in [7, 11) is 0. The Bertz CT molecular complexity index is 226. The lowest BCUT2D eigenvalue weighted by Gasteiger charge is -2.42. The maximum absolute atomic E-state index is 11.8. The lowest BCUT2D eigenvalue weighted by Crippen LogP contribution is -2.54. The standard InChI is InChI=1S/C12H24N2O/c1-4-11(3,13)10(15)14-9-12(5-2)7-6-8-12/h4-9,13H2,1-3H3,(H,14,15). The van der Waals surface area contributed by atoms with Crippen LogP contribution in [0.5, 0.6) is 0 Å². The minimum Gasteiger partial charge on any atom is -0.354 e. The Labute approximate surface area is 92.8 Å². The number of hydrogen-bond acceptors (Lipinski definition) is 2. The lowest BCUT2D eigenvalue weighted by atomic mass is 9.67. The highest BCUT2D eigenvalue weighted by Crippen LogP contribution is 2.43. The van der Waals surface area contributed by atoms with Gasteiger partial charge in [0.05, 0.1) is 5.54 Å². The van der Waals surface area contributed by atoms with Gasteiger partial charge in [-0.25, -0.2) is 0 Å². The molecule has 0 saturated heterocycles. The fraction of sp³-hybridized carbons (Fsp3) is 0.917. The average Bonchev–Trinajstić information content (AvgIpc) is 2.16. The van der Waals surface area contributed by atoms with Crippen molar-refractivity contribution >= 4 is 5.91 Å². The van der Waals surface area contributed by atoms with Crippen molar-refractivity contribution in [3.05, 3.63) is 0 Å². The molecular formula is C12H24N2O. The zero-order chi connectivity index (χ0) is 11.5. The number of nitrogens with two attached hydrogens (primary N) is 1. The molecule has 3 N–H and O–H groups in total. The predicted octanol–water partition coefficient (Wildman–Crippen LogP) is 1.81. The molecule has 1 fully saturated rings. The minimum absolute atomic E-state index is 0.00951. The van der Waals surface area contributed by atoms with Gasteiger partial charge in [0.15, 0.2) is 0 Å². The average molecular weight is 212 g/mol. The molecule has 0 aromatic carbocycles. The van der Waals surface area contributed by atoms with Crippen molar-refractivity contribution in [2.24, 2.45) is 11.1 Å². The largest absolute Gasteiger partial charge is 0.354 e. The summed E-state index contributed by atoms with van der Waals surface area (Å²) in [5.41, 5.74) is 5.54. The maximum atomic E-state index is 11.8. The van der Waals surface area contributed by atoms with Crippen LogP contribution in [-0.2, 0) is 4.79 Å². The van der Waals surface area contributed by atoms with Gasteiger partial charge in [-0.15, -0.1) is 0 Å². The van der Waals surface area contributed by atoms with Crippen molar-refractivity contribution in [1.29, 1.82) is 0 Å². The van der Waals surface area contributed by atoms with Crippen LogP contribution in [0, 0.1) is 5.41 Å². The number of hydrogen-bond donors (Lipinski definition) is 2. The van der Waals surface area contributed by atoms with Crippen LogP contribution in [0.4, 0.5) is 0 Å². The first-order chi connectivity index (χ1) is 6.96. The molecule has 1 aliphatic rings. The van der Waals surface area contributed by atoms with Crippen molar-refractivity contribution in [3.63, 3.8) is 0 Å². The topological polar surface area (TPSA) is 55.1 Å². The second-order valence-electron chi connectivity index (χ2n) is 5.16. The molecule has 0 heterocycles. The van der Waals surface area contributed by atoms with Crippen molar-refractivity contribution in [2.75, 3.05) is 6.54 Å². The Morgan fingerprint density at radius 2 is 2.07 bits per heavy atom. The molecule has 1 saturated carbocycles. The fourth-order valence-electron chi connectivity index (χ4n) is 1.96. The molecule has 0 spiro atoms. The second-order valence-corrected chi connectivity index (χ2v) is 5.16. The first-order valence-corrected chi connectivity index (χ1v) is 6.03.